The summed E-state index contributed by atoms with van der Waals surface area (Å²) in [5, 5.41) is 0.483. The number of nitrogens with two attached hydrogens (primary N) is 1. The Hall–Kier alpha value is -1.12. The number of halogens is 1. The molecule has 0 aliphatic carbocycles. The summed E-state index contributed by atoms with van der Waals surface area (Å²) in [6, 6.07) is 5.32. The van der Waals surface area contributed by atoms with Gasteiger partial charge in [-0.05, 0) is 24.6 Å². The van der Waals surface area contributed by atoms with Crippen LogP contribution in [0.4, 0.5) is 0 Å². The van der Waals surface area contributed by atoms with Gasteiger partial charge in [-0.3, -0.25) is 4.79 Å². The molecule has 2 N–H and O–H groups in total. The third-order valence-electron chi connectivity index (χ3n) is 1.82. The molecular formula is C11H12ClNO. The van der Waals surface area contributed by atoms with Gasteiger partial charge in [0, 0.05) is 12.1 Å². The van der Waals surface area contributed by atoms with Gasteiger partial charge in [0.15, 0.2) is 5.78 Å². The highest BCUT2D eigenvalue weighted by molar-refractivity contribution is 6.34. The van der Waals surface area contributed by atoms with Crippen molar-refractivity contribution in [2.45, 2.75) is 6.92 Å². The molecule has 14 heavy (non-hydrogen) atoms. The van der Waals surface area contributed by atoms with E-state index >= 15 is 0 Å². The highest BCUT2D eigenvalue weighted by atomic mass is 35.5. The van der Waals surface area contributed by atoms with Gasteiger partial charge >= 0.3 is 0 Å². The summed E-state index contributed by atoms with van der Waals surface area (Å²) in [7, 11) is 0. The van der Waals surface area contributed by atoms with Crippen LogP contribution in [0.25, 0.3) is 6.08 Å². The molecule has 1 aromatic carbocycles. The Bertz CT molecular complexity index is 372. The van der Waals surface area contributed by atoms with Crippen LogP contribution < -0.4 is 5.73 Å². The fraction of sp³-hybridized carbons (Fsp3) is 0.182. The minimum absolute atomic E-state index is 0.0237. The van der Waals surface area contributed by atoms with Crippen LogP contribution >= 0.6 is 11.6 Å². The van der Waals surface area contributed by atoms with Crippen molar-refractivity contribution in [3.8, 4) is 0 Å². The Morgan fingerprint density at radius 3 is 2.79 bits per heavy atom. The molecule has 0 saturated heterocycles. The van der Waals surface area contributed by atoms with Gasteiger partial charge in [0.1, 0.15) is 0 Å². The van der Waals surface area contributed by atoms with E-state index in [1.807, 2.05) is 18.2 Å². The van der Waals surface area contributed by atoms with Gasteiger partial charge < -0.3 is 5.73 Å². The van der Waals surface area contributed by atoms with Crippen molar-refractivity contribution in [1.29, 1.82) is 0 Å². The number of benzene rings is 1. The standard InChI is InChI=1S/C11H12ClNO/c1-8(14)10-5-4-9(3-2-6-13)7-11(10)12/h2-5,7H,6,13H2,1H3. The second kappa shape index (κ2) is 4.94. The van der Waals surface area contributed by atoms with Gasteiger partial charge in [-0.2, -0.15) is 0 Å². The van der Waals surface area contributed by atoms with Crippen LogP contribution in [0.3, 0.4) is 0 Å². The Kier molecular flexibility index (Phi) is 3.86. The number of rotatable bonds is 3. The lowest BCUT2D eigenvalue weighted by Crippen LogP contribution is -1.94. The van der Waals surface area contributed by atoms with Crippen molar-refractivity contribution in [2.24, 2.45) is 5.73 Å². The van der Waals surface area contributed by atoms with Gasteiger partial charge in [-0.15, -0.1) is 0 Å². The van der Waals surface area contributed by atoms with Crippen LogP contribution in [0, 0.1) is 0 Å². The topological polar surface area (TPSA) is 43.1 Å². The molecule has 0 saturated carbocycles. The van der Waals surface area contributed by atoms with E-state index in [2.05, 4.69) is 0 Å². The molecule has 0 fully saturated rings. The molecule has 0 atom stereocenters. The van der Waals surface area contributed by atoms with Gasteiger partial charge in [0.05, 0.1) is 5.02 Å². The maximum atomic E-state index is 11.1. The number of hydrogen-bond donors (Lipinski definition) is 1. The number of Topliss-reactive ketones (excluding diaryl/α,β-unsaturated/α-hetero) is 1. The molecule has 0 aliphatic heterocycles. The monoisotopic (exact) mass is 209 g/mol. The summed E-state index contributed by atoms with van der Waals surface area (Å²) in [5.74, 6) is -0.0237. The van der Waals surface area contributed by atoms with Gasteiger partial charge in [0.25, 0.3) is 0 Å². The van der Waals surface area contributed by atoms with E-state index in [0.29, 0.717) is 17.1 Å². The lowest BCUT2D eigenvalue weighted by atomic mass is 10.1. The van der Waals surface area contributed by atoms with Crippen molar-refractivity contribution < 1.29 is 4.79 Å². The van der Waals surface area contributed by atoms with E-state index in [-0.39, 0.29) is 5.78 Å². The highest BCUT2D eigenvalue weighted by Gasteiger charge is 2.04. The molecule has 74 valence electrons. The van der Waals surface area contributed by atoms with E-state index in [9.17, 15) is 4.79 Å². The summed E-state index contributed by atoms with van der Waals surface area (Å²) in [6.45, 7) is 1.99. The van der Waals surface area contributed by atoms with E-state index in [4.69, 9.17) is 17.3 Å². The van der Waals surface area contributed by atoms with E-state index in [0.717, 1.165) is 5.56 Å². The van der Waals surface area contributed by atoms with Gasteiger partial charge in [0.2, 0.25) is 0 Å². The van der Waals surface area contributed by atoms with E-state index in [1.165, 1.54) is 6.92 Å². The van der Waals surface area contributed by atoms with E-state index in [1.54, 1.807) is 12.1 Å². The predicted molar refractivity (Wildman–Crippen MR) is 59.5 cm³/mol. The SMILES string of the molecule is CC(=O)c1ccc(C=CCN)cc1Cl. The molecular weight excluding hydrogens is 198 g/mol. The smallest absolute Gasteiger partial charge is 0.161 e. The second-order valence-electron chi connectivity index (χ2n) is 2.93. The third-order valence-corrected chi connectivity index (χ3v) is 2.13. The van der Waals surface area contributed by atoms with Crippen molar-refractivity contribution in [3.63, 3.8) is 0 Å². The Labute approximate surface area is 88.4 Å². The Balaban J connectivity index is 3.00. The molecule has 0 unspecified atom stereocenters. The maximum absolute atomic E-state index is 11.1. The van der Waals surface area contributed by atoms with Crippen LogP contribution in [-0.4, -0.2) is 12.3 Å². The molecule has 3 heteroatoms. The van der Waals surface area contributed by atoms with E-state index < -0.39 is 0 Å². The highest BCUT2D eigenvalue weighted by Crippen LogP contribution is 2.19. The fourth-order valence-electron chi connectivity index (χ4n) is 1.12. The molecule has 0 heterocycles. The summed E-state index contributed by atoms with van der Waals surface area (Å²) in [4.78, 5) is 11.1. The average Bonchev–Trinajstić information content (AvgIpc) is 2.14. The molecule has 1 aromatic rings. The Morgan fingerprint density at radius 1 is 1.57 bits per heavy atom. The van der Waals surface area contributed by atoms with Crippen molar-refractivity contribution >= 4 is 23.5 Å². The van der Waals surface area contributed by atoms with Crippen LogP contribution in [-0.2, 0) is 0 Å². The first kappa shape index (κ1) is 11.0. The summed E-state index contributed by atoms with van der Waals surface area (Å²) in [5.41, 5.74) is 6.82. The fourth-order valence-corrected chi connectivity index (χ4v) is 1.45. The lowest BCUT2D eigenvalue weighted by Gasteiger charge is -2.00. The first-order chi connectivity index (χ1) is 6.65. The number of ketones is 1. The molecule has 0 bridgehead atoms. The first-order valence-electron chi connectivity index (χ1n) is 4.32. The minimum Gasteiger partial charge on any atom is -0.327 e. The van der Waals surface area contributed by atoms with Crippen molar-refractivity contribution in [1.82, 2.24) is 0 Å². The van der Waals surface area contributed by atoms with Crippen LogP contribution in [0.1, 0.15) is 22.8 Å². The zero-order chi connectivity index (χ0) is 10.6. The quantitative estimate of drug-likeness (QED) is 0.778. The maximum Gasteiger partial charge on any atom is 0.161 e. The molecule has 0 radical (unpaired) electrons. The Morgan fingerprint density at radius 2 is 2.29 bits per heavy atom. The molecule has 2 nitrogen and oxygen atoms in total. The molecule has 0 amide bonds. The largest absolute Gasteiger partial charge is 0.327 e. The average molecular weight is 210 g/mol. The summed E-state index contributed by atoms with van der Waals surface area (Å²) >= 11 is 5.92. The van der Waals surface area contributed by atoms with Crippen molar-refractivity contribution in [3.05, 3.63) is 40.4 Å². The lowest BCUT2D eigenvalue weighted by molar-refractivity contribution is 0.101. The third kappa shape index (κ3) is 2.69. The van der Waals surface area contributed by atoms with Crippen LogP contribution in [0.2, 0.25) is 5.02 Å². The zero-order valence-electron chi connectivity index (χ0n) is 7.96. The zero-order valence-corrected chi connectivity index (χ0v) is 8.71. The molecule has 0 spiro atoms. The minimum atomic E-state index is -0.0237. The summed E-state index contributed by atoms with van der Waals surface area (Å²) < 4.78 is 0. The van der Waals surface area contributed by atoms with Crippen LogP contribution in [0.15, 0.2) is 24.3 Å². The van der Waals surface area contributed by atoms with Crippen molar-refractivity contribution in [2.75, 3.05) is 6.54 Å². The number of hydrogen-bond acceptors (Lipinski definition) is 2. The number of carbonyl (C=O) groups is 1. The normalized spacial score (nSPS) is 10.8. The van der Waals surface area contributed by atoms with Crippen LogP contribution in [0.5, 0.6) is 0 Å². The molecule has 0 aliphatic rings. The van der Waals surface area contributed by atoms with Gasteiger partial charge in [-0.25, -0.2) is 0 Å². The van der Waals surface area contributed by atoms with Gasteiger partial charge in [-0.1, -0.05) is 29.8 Å². The summed E-state index contributed by atoms with van der Waals surface area (Å²) in [6.07, 6.45) is 3.70. The second-order valence-corrected chi connectivity index (χ2v) is 3.34. The number of carbonyl (C=O) groups excluding carboxylic acids is 1. The molecule has 0 aromatic heterocycles. The predicted octanol–water partition coefficient (Wildman–Crippen LogP) is 2.51. The first-order valence-corrected chi connectivity index (χ1v) is 4.70. The molecule has 1 rings (SSSR count).